The first-order valence-electron chi connectivity index (χ1n) is 13.3. The van der Waals surface area contributed by atoms with Crippen LogP contribution in [0.2, 0.25) is 0 Å². The average Bonchev–Trinajstić information content (AvgIpc) is 3.54. The van der Waals surface area contributed by atoms with Gasteiger partial charge in [-0.2, -0.15) is 13.2 Å². The van der Waals surface area contributed by atoms with E-state index >= 15 is 0 Å². The maximum atomic E-state index is 13.1. The molecule has 1 aliphatic rings. The van der Waals surface area contributed by atoms with Crippen LogP contribution in [0.1, 0.15) is 24.2 Å². The summed E-state index contributed by atoms with van der Waals surface area (Å²) in [5.41, 5.74) is 2.36. The topological polar surface area (TPSA) is 109 Å². The second kappa shape index (κ2) is 10.5. The molecule has 1 aliphatic heterocycles. The summed E-state index contributed by atoms with van der Waals surface area (Å²) in [5.74, 6) is -0.739. The third-order valence-electron chi connectivity index (χ3n) is 7.42. The zero-order valence-electron chi connectivity index (χ0n) is 22.4. The molecule has 3 aromatic carbocycles. The number of carboxylic acids is 1. The summed E-state index contributed by atoms with van der Waals surface area (Å²) in [5, 5.41) is 13.6. The number of aromatic nitrogens is 2. The first-order chi connectivity index (χ1) is 20.1. The molecule has 6 rings (SSSR count). The van der Waals surface area contributed by atoms with Crippen molar-refractivity contribution < 1.29 is 32.3 Å². The van der Waals surface area contributed by atoms with Gasteiger partial charge >= 0.3 is 12.1 Å². The van der Waals surface area contributed by atoms with Crippen LogP contribution in [0.15, 0.2) is 77.2 Å². The second-order valence-electron chi connectivity index (χ2n) is 10.4. The number of nitrogens with zero attached hydrogens (tertiary/aromatic N) is 3. The predicted octanol–water partition coefficient (Wildman–Crippen LogP) is 6.68. The van der Waals surface area contributed by atoms with Crippen molar-refractivity contribution in [3.8, 4) is 11.1 Å². The Kier molecular flexibility index (Phi) is 6.80. The molecule has 1 fully saturated rings. The molecule has 2 N–H and O–H groups in total. The Hall–Kier alpha value is -4.93. The fraction of sp³-hybridized carbons (Fsp3) is 0.226. The lowest BCUT2D eigenvalue weighted by atomic mass is 10.0. The molecule has 0 unspecified atom stereocenters. The molecule has 42 heavy (non-hydrogen) atoms. The molecular formula is C31H25F3N4O4. The maximum absolute atomic E-state index is 13.1. The lowest BCUT2D eigenvalue weighted by Gasteiger charge is -2.22. The molecular weight excluding hydrogens is 549 g/mol. The quantitative estimate of drug-likeness (QED) is 0.233. The molecule has 1 saturated heterocycles. The molecule has 0 aliphatic carbocycles. The number of halogens is 3. The van der Waals surface area contributed by atoms with Gasteiger partial charge in [-0.1, -0.05) is 36.4 Å². The summed E-state index contributed by atoms with van der Waals surface area (Å²) in [4.78, 5) is 35.9. The molecule has 0 bridgehead atoms. The van der Waals surface area contributed by atoms with E-state index < -0.39 is 23.8 Å². The monoisotopic (exact) mass is 574 g/mol. The lowest BCUT2D eigenvalue weighted by molar-refractivity contribution is -0.139. The number of hydrogen-bond donors (Lipinski definition) is 2. The number of hydrogen-bond acceptors (Lipinski definition) is 6. The van der Waals surface area contributed by atoms with Gasteiger partial charge in [-0.3, -0.25) is 4.79 Å². The van der Waals surface area contributed by atoms with Crippen LogP contribution < -0.4 is 10.2 Å². The van der Waals surface area contributed by atoms with Gasteiger partial charge in [0.1, 0.15) is 23.0 Å². The van der Waals surface area contributed by atoms with Crippen LogP contribution in [-0.4, -0.2) is 39.5 Å². The van der Waals surface area contributed by atoms with E-state index in [9.17, 15) is 27.9 Å². The summed E-state index contributed by atoms with van der Waals surface area (Å²) in [7, 11) is 0. The van der Waals surface area contributed by atoms with Crippen molar-refractivity contribution in [1.82, 2.24) is 9.97 Å². The van der Waals surface area contributed by atoms with Gasteiger partial charge in [0, 0.05) is 24.0 Å². The van der Waals surface area contributed by atoms with E-state index in [1.165, 1.54) is 6.07 Å². The third-order valence-corrected chi connectivity index (χ3v) is 7.42. The number of para-hydroxylation sites is 1. The van der Waals surface area contributed by atoms with Crippen LogP contribution in [0.4, 0.5) is 24.7 Å². The van der Waals surface area contributed by atoms with Gasteiger partial charge in [0.25, 0.3) is 0 Å². The SMILES string of the molecule is Cc1nc(N2C[C@@H](CC(=O)Nc3ccc(-c4cccc(C(F)(F)F)c4)cc3)C[C@H]2C(=O)O)c2oc3ccccc3c2n1. The number of aryl methyl sites for hydroxylation is 1. The van der Waals surface area contributed by atoms with E-state index in [2.05, 4.69) is 15.3 Å². The third kappa shape index (κ3) is 5.25. The zero-order valence-corrected chi connectivity index (χ0v) is 22.4. The summed E-state index contributed by atoms with van der Waals surface area (Å²) >= 11 is 0. The molecule has 3 heterocycles. The lowest BCUT2D eigenvalue weighted by Crippen LogP contribution is -2.36. The van der Waals surface area contributed by atoms with Crippen molar-refractivity contribution in [2.45, 2.75) is 32.0 Å². The molecule has 2 aromatic heterocycles. The van der Waals surface area contributed by atoms with Crippen LogP contribution in [0.5, 0.6) is 0 Å². The second-order valence-corrected chi connectivity index (χ2v) is 10.4. The molecule has 0 saturated carbocycles. The van der Waals surface area contributed by atoms with Crippen molar-refractivity contribution in [2.24, 2.45) is 5.92 Å². The number of nitrogens with one attached hydrogen (secondary N) is 1. The fourth-order valence-corrected chi connectivity index (χ4v) is 5.51. The molecule has 214 valence electrons. The van der Waals surface area contributed by atoms with E-state index in [0.717, 1.165) is 17.5 Å². The number of carboxylic acid groups (broad SMARTS) is 1. The first-order valence-corrected chi connectivity index (χ1v) is 13.3. The van der Waals surface area contributed by atoms with Gasteiger partial charge in [0.2, 0.25) is 5.91 Å². The minimum atomic E-state index is -4.44. The van der Waals surface area contributed by atoms with Gasteiger partial charge < -0.3 is 19.7 Å². The summed E-state index contributed by atoms with van der Waals surface area (Å²) in [6.07, 6.45) is -4.13. The molecule has 5 aromatic rings. The van der Waals surface area contributed by atoms with Gasteiger partial charge in [0.05, 0.1) is 5.56 Å². The van der Waals surface area contributed by atoms with Crippen LogP contribution in [0.25, 0.3) is 33.2 Å². The number of carbonyl (C=O) groups is 2. The number of furan rings is 1. The molecule has 0 spiro atoms. The summed E-state index contributed by atoms with van der Waals surface area (Å²) in [6.45, 7) is 2.02. The van der Waals surface area contributed by atoms with Crippen molar-refractivity contribution in [3.63, 3.8) is 0 Å². The van der Waals surface area contributed by atoms with E-state index in [1.807, 2.05) is 24.3 Å². The number of carbonyl (C=O) groups excluding carboxylic acids is 1. The minimum absolute atomic E-state index is 0.0724. The van der Waals surface area contributed by atoms with E-state index in [0.29, 0.717) is 45.1 Å². The van der Waals surface area contributed by atoms with Crippen molar-refractivity contribution >= 4 is 45.5 Å². The van der Waals surface area contributed by atoms with Gasteiger partial charge in [-0.15, -0.1) is 0 Å². The fourth-order valence-electron chi connectivity index (χ4n) is 5.51. The zero-order chi connectivity index (χ0) is 29.6. The standard InChI is InChI=1S/C31H25F3N4O4/c1-17-35-27-23-7-2-3-8-25(23)42-28(27)29(36-17)38-16-18(13-24(38)30(40)41)14-26(39)37-22-11-9-19(10-12-22)20-5-4-6-21(15-20)31(32,33)34/h2-12,15,18,24H,13-14,16H2,1H3,(H,37,39)(H,40,41)/t18-,24+/m1/s1. The highest BCUT2D eigenvalue weighted by Crippen LogP contribution is 2.38. The molecule has 1 amide bonds. The van der Waals surface area contributed by atoms with Crippen LogP contribution in [0, 0.1) is 12.8 Å². The molecule has 11 heteroatoms. The van der Waals surface area contributed by atoms with E-state index in [4.69, 9.17) is 4.42 Å². The number of aliphatic carboxylic acids is 1. The Morgan fingerprint density at radius 2 is 1.79 bits per heavy atom. The number of rotatable bonds is 6. The van der Waals surface area contributed by atoms with E-state index in [-0.39, 0.29) is 31.2 Å². The highest BCUT2D eigenvalue weighted by atomic mass is 19.4. The Labute approximate surface area is 237 Å². The van der Waals surface area contributed by atoms with Crippen molar-refractivity contribution in [3.05, 3.63) is 84.2 Å². The van der Waals surface area contributed by atoms with Gasteiger partial charge in [-0.05, 0) is 66.8 Å². The molecule has 8 nitrogen and oxygen atoms in total. The van der Waals surface area contributed by atoms with Crippen molar-refractivity contribution in [1.29, 1.82) is 0 Å². The largest absolute Gasteiger partial charge is 0.480 e. The number of fused-ring (bicyclic) bond motifs is 3. The Morgan fingerprint density at radius 3 is 2.52 bits per heavy atom. The minimum Gasteiger partial charge on any atom is -0.480 e. The van der Waals surface area contributed by atoms with Crippen LogP contribution in [-0.2, 0) is 15.8 Å². The molecule has 2 atom stereocenters. The first kappa shape index (κ1) is 27.3. The summed E-state index contributed by atoms with van der Waals surface area (Å²) in [6, 6.07) is 18.1. The van der Waals surface area contributed by atoms with Crippen LogP contribution >= 0.6 is 0 Å². The predicted molar refractivity (Wildman–Crippen MR) is 151 cm³/mol. The number of amides is 1. The van der Waals surface area contributed by atoms with Gasteiger partial charge in [-0.25, -0.2) is 14.8 Å². The highest BCUT2D eigenvalue weighted by molar-refractivity contribution is 6.06. The number of benzene rings is 3. The van der Waals surface area contributed by atoms with Gasteiger partial charge in [0.15, 0.2) is 11.4 Å². The summed E-state index contributed by atoms with van der Waals surface area (Å²) < 4.78 is 45.3. The maximum Gasteiger partial charge on any atom is 0.416 e. The Bertz CT molecular complexity index is 1820. The van der Waals surface area contributed by atoms with Crippen molar-refractivity contribution in [2.75, 3.05) is 16.8 Å². The van der Waals surface area contributed by atoms with E-state index in [1.54, 1.807) is 42.2 Å². The highest BCUT2D eigenvalue weighted by Gasteiger charge is 2.40. The Morgan fingerprint density at radius 1 is 1.02 bits per heavy atom. The smallest absolute Gasteiger partial charge is 0.416 e. The number of alkyl halides is 3. The Balaban J connectivity index is 1.18. The normalized spacial score (nSPS) is 17.2. The van der Waals surface area contributed by atoms with Crippen LogP contribution in [0.3, 0.4) is 0 Å². The average molecular weight is 575 g/mol. The number of anilines is 2. The molecule has 0 radical (unpaired) electrons.